The van der Waals surface area contributed by atoms with Gasteiger partial charge in [0.05, 0.1) is 0 Å². The normalized spacial score (nSPS) is 24.3. The third-order valence-electron chi connectivity index (χ3n) is 4.03. The molecule has 0 aromatic rings. The first kappa shape index (κ1) is 13.3. The Morgan fingerprint density at radius 1 is 0.722 bits per heavy atom. The number of nitrogens with zero attached hydrogens (tertiary/aromatic N) is 1. The van der Waals surface area contributed by atoms with Crippen molar-refractivity contribution >= 4 is 11.8 Å². The number of hydrogen-bond acceptors (Lipinski definition) is 2. The molecule has 0 bridgehead atoms. The molecule has 0 aromatic heterocycles. The van der Waals surface area contributed by atoms with Crippen LogP contribution < -0.4 is 0 Å². The molecule has 0 unspecified atom stereocenters. The number of imide groups is 1. The topological polar surface area (TPSA) is 37.4 Å². The minimum atomic E-state index is -0.111. The summed E-state index contributed by atoms with van der Waals surface area (Å²) in [4.78, 5) is 24.9. The van der Waals surface area contributed by atoms with Crippen LogP contribution in [-0.4, -0.2) is 22.8 Å². The zero-order valence-electron chi connectivity index (χ0n) is 11.1. The minimum Gasteiger partial charge on any atom is -0.272 e. The van der Waals surface area contributed by atoms with Crippen molar-refractivity contribution in [2.45, 2.75) is 70.3 Å². The van der Waals surface area contributed by atoms with Crippen molar-refractivity contribution in [3.8, 4) is 0 Å². The second kappa shape index (κ2) is 6.72. The summed E-state index contributed by atoms with van der Waals surface area (Å²) in [5.41, 5.74) is 0. The van der Waals surface area contributed by atoms with Crippen LogP contribution in [0.15, 0.2) is 12.2 Å². The van der Waals surface area contributed by atoms with Crippen molar-refractivity contribution < 1.29 is 9.59 Å². The summed E-state index contributed by atoms with van der Waals surface area (Å²) in [6.07, 6.45) is 14.8. The molecule has 2 aliphatic rings. The van der Waals surface area contributed by atoms with Gasteiger partial charge in [-0.2, -0.15) is 0 Å². The molecule has 100 valence electrons. The van der Waals surface area contributed by atoms with Gasteiger partial charge in [0.15, 0.2) is 0 Å². The first-order valence-electron chi connectivity index (χ1n) is 7.34. The maximum Gasteiger partial charge on any atom is 0.253 e. The molecule has 1 heterocycles. The molecular formula is C15H23NO2. The lowest BCUT2D eigenvalue weighted by atomic mass is 10.0. The fourth-order valence-electron chi connectivity index (χ4n) is 2.99. The van der Waals surface area contributed by atoms with Gasteiger partial charge in [0.1, 0.15) is 0 Å². The Balaban J connectivity index is 1.94. The predicted molar refractivity (Wildman–Crippen MR) is 71.0 cm³/mol. The highest BCUT2D eigenvalue weighted by Gasteiger charge is 2.30. The average molecular weight is 249 g/mol. The van der Waals surface area contributed by atoms with Crippen LogP contribution in [0.2, 0.25) is 0 Å². The van der Waals surface area contributed by atoms with Crippen molar-refractivity contribution in [3.05, 3.63) is 12.2 Å². The van der Waals surface area contributed by atoms with E-state index in [0.29, 0.717) is 0 Å². The Morgan fingerprint density at radius 2 is 1.11 bits per heavy atom. The van der Waals surface area contributed by atoms with Crippen LogP contribution >= 0.6 is 0 Å². The summed E-state index contributed by atoms with van der Waals surface area (Å²) >= 11 is 0. The highest BCUT2D eigenvalue weighted by atomic mass is 16.2. The largest absolute Gasteiger partial charge is 0.272 e. The van der Waals surface area contributed by atoms with E-state index in [1.54, 1.807) is 0 Å². The molecule has 1 aliphatic carbocycles. The molecule has 0 saturated heterocycles. The first-order chi connectivity index (χ1) is 8.79. The maximum absolute atomic E-state index is 11.7. The van der Waals surface area contributed by atoms with Gasteiger partial charge >= 0.3 is 0 Å². The fraction of sp³-hybridized carbons (Fsp3) is 0.733. The summed E-state index contributed by atoms with van der Waals surface area (Å²) in [5.74, 6) is -0.222. The predicted octanol–water partition coefficient (Wildman–Crippen LogP) is 3.19. The Bertz CT molecular complexity index is 305. The number of amides is 2. The van der Waals surface area contributed by atoms with Gasteiger partial charge in [-0.25, -0.2) is 0 Å². The van der Waals surface area contributed by atoms with Crippen LogP contribution in [0.5, 0.6) is 0 Å². The molecule has 18 heavy (non-hydrogen) atoms. The average Bonchev–Trinajstić information content (AvgIpc) is 2.66. The fourth-order valence-corrected chi connectivity index (χ4v) is 2.99. The molecule has 1 saturated carbocycles. The van der Waals surface area contributed by atoms with Gasteiger partial charge in [-0.05, 0) is 12.8 Å². The lowest BCUT2D eigenvalue weighted by Crippen LogP contribution is -2.40. The van der Waals surface area contributed by atoms with E-state index in [-0.39, 0.29) is 17.9 Å². The molecule has 1 fully saturated rings. The minimum absolute atomic E-state index is 0.111. The highest BCUT2D eigenvalue weighted by Crippen LogP contribution is 2.22. The van der Waals surface area contributed by atoms with Crippen LogP contribution in [0.1, 0.15) is 64.2 Å². The lowest BCUT2D eigenvalue weighted by Gasteiger charge is -2.26. The van der Waals surface area contributed by atoms with E-state index in [1.807, 2.05) is 0 Å². The standard InChI is InChI=1S/C15H23NO2/c17-14-11-12-15(18)16(14)13-9-7-5-3-1-2-4-6-8-10-13/h11-13H,1-10H2. The van der Waals surface area contributed by atoms with Gasteiger partial charge in [0.2, 0.25) is 0 Å². The van der Waals surface area contributed by atoms with Gasteiger partial charge in [0, 0.05) is 18.2 Å². The molecular weight excluding hydrogens is 226 g/mol. The van der Waals surface area contributed by atoms with Crippen molar-refractivity contribution in [1.29, 1.82) is 0 Å². The third kappa shape index (κ3) is 3.44. The van der Waals surface area contributed by atoms with E-state index in [0.717, 1.165) is 25.7 Å². The molecule has 2 amide bonds. The van der Waals surface area contributed by atoms with Gasteiger partial charge < -0.3 is 0 Å². The molecule has 0 N–H and O–H groups in total. The highest BCUT2D eigenvalue weighted by molar-refractivity contribution is 6.13. The molecule has 2 rings (SSSR count). The molecule has 3 heteroatoms. The number of rotatable bonds is 1. The Hall–Kier alpha value is -1.12. The smallest absolute Gasteiger partial charge is 0.253 e. The van der Waals surface area contributed by atoms with E-state index in [9.17, 15) is 9.59 Å². The second-order valence-corrected chi connectivity index (χ2v) is 5.44. The van der Waals surface area contributed by atoms with Crippen LogP contribution in [0.25, 0.3) is 0 Å². The summed E-state index contributed by atoms with van der Waals surface area (Å²) in [6.45, 7) is 0. The number of carbonyl (C=O) groups is 2. The Kier molecular flexibility index (Phi) is 4.97. The zero-order chi connectivity index (χ0) is 12.8. The number of hydrogen-bond donors (Lipinski definition) is 0. The molecule has 3 nitrogen and oxygen atoms in total. The molecule has 0 aromatic carbocycles. The van der Waals surface area contributed by atoms with E-state index < -0.39 is 0 Å². The maximum atomic E-state index is 11.7. The van der Waals surface area contributed by atoms with Gasteiger partial charge in [-0.15, -0.1) is 0 Å². The van der Waals surface area contributed by atoms with Crippen LogP contribution in [0.4, 0.5) is 0 Å². The van der Waals surface area contributed by atoms with Crippen molar-refractivity contribution in [3.63, 3.8) is 0 Å². The first-order valence-corrected chi connectivity index (χ1v) is 7.34. The Morgan fingerprint density at radius 3 is 1.56 bits per heavy atom. The molecule has 0 atom stereocenters. The van der Waals surface area contributed by atoms with Gasteiger partial charge in [0.25, 0.3) is 11.8 Å². The van der Waals surface area contributed by atoms with Crippen molar-refractivity contribution in [1.82, 2.24) is 4.90 Å². The second-order valence-electron chi connectivity index (χ2n) is 5.44. The zero-order valence-corrected chi connectivity index (χ0v) is 11.1. The summed E-state index contributed by atoms with van der Waals surface area (Å²) in [6, 6.07) is 0.137. The lowest BCUT2D eigenvalue weighted by molar-refractivity contribution is -0.139. The summed E-state index contributed by atoms with van der Waals surface area (Å²) in [7, 11) is 0. The van der Waals surface area contributed by atoms with Gasteiger partial charge in [-0.1, -0.05) is 51.4 Å². The Labute approximate surface area is 109 Å². The summed E-state index contributed by atoms with van der Waals surface area (Å²) in [5, 5.41) is 0. The van der Waals surface area contributed by atoms with Crippen molar-refractivity contribution in [2.24, 2.45) is 0 Å². The monoisotopic (exact) mass is 249 g/mol. The van der Waals surface area contributed by atoms with E-state index in [2.05, 4.69) is 0 Å². The van der Waals surface area contributed by atoms with Crippen LogP contribution in [-0.2, 0) is 9.59 Å². The quantitative estimate of drug-likeness (QED) is 0.669. The molecule has 1 aliphatic heterocycles. The number of carbonyl (C=O) groups excluding carboxylic acids is 2. The van der Waals surface area contributed by atoms with Gasteiger partial charge in [-0.3, -0.25) is 14.5 Å². The molecule has 0 radical (unpaired) electrons. The van der Waals surface area contributed by atoms with Crippen LogP contribution in [0, 0.1) is 0 Å². The van der Waals surface area contributed by atoms with E-state index >= 15 is 0 Å². The van der Waals surface area contributed by atoms with Crippen LogP contribution in [0.3, 0.4) is 0 Å². The summed E-state index contributed by atoms with van der Waals surface area (Å²) < 4.78 is 0. The SMILES string of the molecule is O=C1C=CC(=O)N1C1CCCCCCCCCC1. The van der Waals surface area contributed by atoms with E-state index in [4.69, 9.17) is 0 Å². The van der Waals surface area contributed by atoms with Crippen molar-refractivity contribution in [2.75, 3.05) is 0 Å². The molecule has 0 spiro atoms. The third-order valence-corrected chi connectivity index (χ3v) is 4.03. The van der Waals surface area contributed by atoms with E-state index in [1.165, 1.54) is 55.6 Å².